The van der Waals surface area contributed by atoms with Gasteiger partial charge in [-0.25, -0.2) is 14.6 Å². The smallest absolute Gasteiger partial charge is 0.343 e. The lowest BCUT2D eigenvalue weighted by atomic mass is 10.1. The van der Waals surface area contributed by atoms with Crippen LogP contribution in [-0.4, -0.2) is 33.1 Å². The van der Waals surface area contributed by atoms with Crippen LogP contribution in [0.25, 0.3) is 0 Å². The molecule has 2 aromatic carbocycles. The van der Waals surface area contributed by atoms with Gasteiger partial charge in [-0.05, 0) is 49.2 Å². The summed E-state index contributed by atoms with van der Waals surface area (Å²) in [6, 6.07) is 8.39. The van der Waals surface area contributed by atoms with E-state index in [9.17, 15) is 19.8 Å². The Morgan fingerprint density at radius 2 is 1.49 bits per heavy atom. The van der Waals surface area contributed by atoms with Crippen LogP contribution >= 0.6 is 23.2 Å². The van der Waals surface area contributed by atoms with Crippen LogP contribution in [0.2, 0.25) is 10.0 Å². The van der Waals surface area contributed by atoms with Crippen molar-refractivity contribution in [3.8, 4) is 11.5 Å². The lowest BCUT2D eigenvalue weighted by Crippen LogP contribution is -2.31. The Hall–Kier alpha value is -4.22. The molecular weight excluding hydrogens is 521 g/mol. The Kier molecular flexibility index (Phi) is 8.64. The van der Waals surface area contributed by atoms with E-state index in [4.69, 9.17) is 34.7 Å². The predicted octanol–water partition coefficient (Wildman–Crippen LogP) is 4.44. The number of rotatable bonds is 6. The summed E-state index contributed by atoms with van der Waals surface area (Å²) in [5, 5.41) is 27.8. The molecule has 0 aliphatic carbocycles. The largest absolute Gasteiger partial charge is 0.506 e. The van der Waals surface area contributed by atoms with Gasteiger partial charge in [0, 0.05) is 18.0 Å². The number of nitrogen functional groups attached to an aromatic ring is 1. The zero-order chi connectivity index (χ0) is 27.3. The van der Waals surface area contributed by atoms with Gasteiger partial charge in [0.25, 0.3) is 0 Å². The average molecular weight is 546 g/mol. The second kappa shape index (κ2) is 11.7. The number of carbonyl (C=O) groups excluding carboxylic acids is 2. The number of benzene rings is 2. The number of nitrogens with one attached hydrogen (secondary N) is 3. The molecule has 11 nitrogen and oxygen atoms in total. The van der Waals surface area contributed by atoms with Crippen LogP contribution in [0, 0.1) is 0 Å². The maximum absolute atomic E-state index is 12.4. The van der Waals surface area contributed by atoms with Crippen LogP contribution in [0.15, 0.2) is 53.7 Å². The van der Waals surface area contributed by atoms with E-state index in [0.29, 0.717) is 11.1 Å². The number of phenolic OH excluding ortho intramolecular Hbond substituents is 2. The second-order valence-corrected chi connectivity index (χ2v) is 8.88. The summed E-state index contributed by atoms with van der Waals surface area (Å²) < 4.78 is 0. The molecule has 9 N–H and O–H groups in total. The van der Waals surface area contributed by atoms with Crippen molar-refractivity contribution in [2.45, 2.75) is 25.9 Å². The van der Waals surface area contributed by atoms with E-state index >= 15 is 0 Å². The first-order valence-corrected chi connectivity index (χ1v) is 11.6. The third kappa shape index (κ3) is 7.15. The minimum absolute atomic E-state index is 0.0927. The summed E-state index contributed by atoms with van der Waals surface area (Å²) in [6.45, 7) is 3.43. The number of aliphatic imine (C=N–C) groups is 1. The zero-order valence-corrected chi connectivity index (χ0v) is 21.3. The van der Waals surface area contributed by atoms with E-state index in [1.807, 2.05) is 0 Å². The van der Waals surface area contributed by atoms with Crippen LogP contribution in [-0.2, 0) is 0 Å². The highest BCUT2D eigenvalue weighted by Gasteiger charge is 2.15. The van der Waals surface area contributed by atoms with E-state index < -0.39 is 24.1 Å². The normalized spacial score (nSPS) is 12.9. The summed E-state index contributed by atoms with van der Waals surface area (Å²) in [5.74, 6) is -0.243. The molecule has 3 aromatic rings. The van der Waals surface area contributed by atoms with Crippen molar-refractivity contribution in [3.63, 3.8) is 0 Å². The van der Waals surface area contributed by atoms with E-state index in [-0.39, 0.29) is 44.4 Å². The van der Waals surface area contributed by atoms with E-state index in [0.717, 1.165) is 0 Å². The molecule has 37 heavy (non-hydrogen) atoms. The molecule has 0 radical (unpaired) electrons. The second-order valence-electron chi connectivity index (χ2n) is 8.07. The lowest BCUT2D eigenvalue weighted by Gasteiger charge is -2.16. The van der Waals surface area contributed by atoms with Gasteiger partial charge in [-0.2, -0.15) is 4.99 Å². The molecule has 0 unspecified atom stereocenters. The van der Waals surface area contributed by atoms with Crippen LogP contribution in [0.5, 0.6) is 11.5 Å². The number of aromatic nitrogens is 1. The molecule has 0 saturated carbocycles. The number of amidine groups is 1. The molecule has 0 saturated heterocycles. The summed E-state index contributed by atoms with van der Waals surface area (Å²) in [4.78, 5) is 32.6. The minimum atomic E-state index is -0.734. The Morgan fingerprint density at radius 1 is 0.946 bits per heavy atom. The number of nitrogens with zero attached hydrogens (tertiary/aromatic N) is 2. The molecule has 0 fully saturated rings. The van der Waals surface area contributed by atoms with Crippen LogP contribution in [0.3, 0.4) is 0 Å². The fourth-order valence-electron chi connectivity index (χ4n) is 3.25. The quantitative estimate of drug-likeness (QED) is 0.176. The first kappa shape index (κ1) is 27.4. The fourth-order valence-corrected chi connectivity index (χ4v) is 3.49. The third-order valence-electron chi connectivity index (χ3n) is 5.30. The zero-order valence-electron chi connectivity index (χ0n) is 19.8. The molecule has 2 atom stereocenters. The monoisotopic (exact) mass is 545 g/mol. The van der Waals surface area contributed by atoms with Gasteiger partial charge in [0.1, 0.15) is 23.2 Å². The van der Waals surface area contributed by atoms with Crippen LogP contribution < -0.4 is 27.4 Å². The maximum atomic E-state index is 12.4. The molecular formula is C24H25Cl2N7O4. The van der Waals surface area contributed by atoms with Gasteiger partial charge in [-0.3, -0.25) is 5.32 Å². The van der Waals surface area contributed by atoms with E-state index in [2.05, 4.69) is 25.9 Å². The van der Waals surface area contributed by atoms with Crippen molar-refractivity contribution >= 4 is 52.6 Å². The summed E-state index contributed by atoms with van der Waals surface area (Å²) >= 11 is 11.6. The number of hydrogen-bond acceptors (Lipinski definition) is 6. The number of aromatic hydroxyl groups is 2. The number of nitrogens with two attached hydrogens (primary N) is 2. The van der Waals surface area contributed by atoms with E-state index in [1.54, 1.807) is 26.0 Å². The van der Waals surface area contributed by atoms with Crippen molar-refractivity contribution in [1.82, 2.24) is 15.6 Å². The van der Waals surface area contributed by atoms with Gasteiger partial charge in [0.15, 0.2) is 0 Å². The fraction of sp³-hybridized carbons (Fsp3) is 0.167. The molecule has 3 rings (SSSR count). The average Bonchev–Trinajstić information content (AvgIpc) is 2.82. The number of halogens is 2. The van der Waals surface area contributed by atoms with E-state index in [1.165, 1.54) is 36.5 Å². The Bertz CT molecular complexity index is 1370. The number of anilines is 2. The number of urea groups is 2. The molecule has 1 heterocycles. The number of pyridine rings is 1. The van der Waals surface area contributed by atoms with Crippen molar-refractivity contribution in [3.05, 3.63) is 75.4 Å². The van der Waals surface area contributed by atoms with Gasteiger partial charge in [0.05, 0.1) is 27.7 Å². The summed E-state index contributed by atoms with van der Waals surface area (Å²) in [6.07, 6.45) is 1.28. The van der Waals surface area contributed by atoms with Gasteiger partial charge in [0.2, 0.25) is 0 Å². The number of amides is 4. The minimum Gasteiger partial charge on any atom is -0.506 e. The highest BCUT2D eigenvalue weighted by molar-refractivity contribution is 6.32. The predicted molar refractivity (Wildman–Crippen MR) is 143 cm³/mol. The molecule has 0 aliphatic rings. The molecule has 194 valence electrons. The van der Waals surface area contributed by atoms with Gasteiger partial charge in [-0.1, -0.05) is 35.3 Å². The highest BCUT2D eigenvalue weighted by atomic mass is 35.5. The topological polar surface area (TPSA) is 188 Å². The molecule has 4 amide bonds. The summed E-state index contributed by atoms with van der Waals surface area (Å²) in [5.41, 5.74) is 13.6. The van der Waals surface area contributed by atoms with Crippen LogP contribution in [0.4, 0.5) is 21.1 Å². The SMILES string of the molecule is C[C@@H](NC(=O)/N=C(/N)c1cnc(NC(=O)N[C@H](C)c2ccc(Cl)c(O)c2)cc1N)c1ccc(Cl)c(O)c1. The number of phenols is 2. The number of hydrogen-bond donors (Lipinski definition) is 7. The maximum Gasteiger partial charge on any atom is 0.343 e. The first-order chi connectivity index (χ1) is 17.4. The highest BCUT2D eigenvalue weighted by Crippen LogP contribution is 2.27. The van der Waals surface area contributed by atoms with Gasteiger partial charge < -0.3 is 32.3 Å². The number of carbonyl (C=O) groups is 2. The van der Waals surface area contributed by atoms with Crippen molar-refractivity contribution in [2.24, 2.45) is 10.7 Å². The summed E-state index contributed by atoms with van der Waals surface area (Å²) in [7, 11) is 0. The van der Waals surface area contributed by atoms with Gasteiger partial charge >= 0.3 is 12.1 Å². The molecule has 0 spiro atoms. The molecule has 13 heteroatoms. The van der Waals surface area contributed by atoms with Crippen molar-refractivity contribution in [1.29, 1.82) is 0 Å². The Morgan fingerprint density at radius 3 is 2.00 bits per heavy atom. The Balaban J connectivity index is 1.62. The first-order valence-electron chi connectivity index (χ1n) is 10.9. The molecule has 0 aliphatic heterocycles. The van der Waals surface area contributed by atoms with Gasteiger partial charge in [-0.15, -0.1) is 0 Å². The van der Waals surface area contributed by atoms with Crippen LogP contribution in [0.1, 0.15) is 42.6 Å². The third-order valence-corrected chi connectivity index (χ3v) is 5.94. The Labute approximate surface area is 222 Å². The molecule has 0 bridgehead atoms. The lowest BCUT2D eigenvalue weighted by molar-refractivity contribution is 0.246. The molecule has 1 aromatic heterocycles. The van der Waals surface area contributed by atoms with Crippen molar-refractivity contribution < 1.29 is 19.8 Å². The van der Waals surface area contributed by atoms with Crippen molar-refractivity contribution in [2.75, 3.05) is 11.1 Å². The standard InChI is InChI=1S/C24H25Cl2N7O4/c1-11(13-3-5-16(25)19(34)7-13)30-23(36)32-21-9-18(27)15(10-29-21)22(28)33-24(37)31-12(2)14-4-6-17(26)20(35)8-14/h3-12,34-35H,1-2H3,(H3,28,31,33,37)(H4,27,29,30,32,36)/t11-,12-/m1/s1.